The Labute approximate surface area is 119 Å². The van der Waals surface area contributed by atoms with Crippen LogP contribution in [0.25, 0.3) is 11.0 Å². The maximum Gasteiger partial charge on any atom is 0.201 e. The van der Waals surface area contributed by atoms with Crippen molar-refractivity contribution in [2.24, 2.45) is 11.8 Å². The van der Waals surface area contributed by atoms with E-state index in [1.54, 1.807) is 6.92 Å². The van der Waals surface area contributed by atoms with Crippen LogP contribution in [0.3, 0.4) is 0 Å². The molecule has 1 saturated carbocycles. The van der Waals surface area contributed by atoms with Gasteiger partial charge in [-0.15, -0.1) is 0 Å². The summed E-state index contributed by atoms with van der Waals surface area (Å²) in [4.78, 5) is 4.34. The van der Waals surface area contributed by atoms with Crippen LogP contribution < -0.4 is 5.73 Å². The van der Waals surface area contributed by atoms with Crippen LogP contribution in [0.15, 0.2) is 12.1 Å². The van der Waals surface area contributed by atoms with Gasteiger partial charge in [-0.25, -0.2) is 9.37 Å². The monoisotopic (exact) mass is 275 g/mol. The van der Waals surface area contributed by atoms with E-state index in [1.807, 2.05) is 6.07 Å². The van der Waals surface area contributed by atoms with Gasteiger partial charge in [0.25, 0.3) is 0 Å². The fraction of sp³-hybridized carbons (Fsp3) is 0.562. The first-order chi connectivity index (χ1) is 9.47. The van der Waals surface area contributed by atoms with Gasteiger partial charge in [-0.05, 0) is 49.7 Å². The molecule has 3 unspecified atom stereocenters. The molecule has 3 rings (SSSR count). The number of anilines is 1. The molecular weight excluding hydrogens is 253 g/mol. The number of hydrogen-bond donors (Lipinski definition) is 1. The minimum Gasteiger partial charge on any atom is -0.369 e. The lowest BCUT2D eigenvalue weighted by Crippen LogP contribution is -2.24. The molecule has 1 aromatic heterocycles. The second-order valence-corrected chi connectivity index (χ2v) is 6.35. The van der Waals surface area contributed by atoms with Crippen molar-refractivity contribution in [3.63, 3.8) is 0 Å². The summed E-state index contributed by atoms with van der Waals surface area (Å²) in [5.41, 5.74) is 8.37. The van der Waals surface area contributed by atoms with Crippen LogP contribution in [0.2, 0.25) is 0 Å². The molecular formula is C16H22FN3. The summed E-state index contributed by atoms with van der Waals surface area (Å²) in [6.45, 7) is 6.40. The van der Waals surface area contributed by atoms with Crippen molar-refractivity contribution in [1.82, 2.24) is 9.55 Å². The average molecular weight is 275 g/mol. The molecule has 1 aliphatic rings. The Hall–Kier alpha value is -1.58. The van der Waals surface area contributed by atoms with Gasteiger partial charge >= 0.3 is 0 Å². The SMILES string of the molecule is Cc1cc2c(cc1F)nc(N)n2C1CCC(C)C(C)C1. The summed E-state index contributed by atoms with van der Waals surface area (Å²) in [5.74, 6) is 1.75. The highest BCUT2D eigenvalue weighted by atomic mass is 19.1. The molecule has 0 amide bonds. The lowest BCUT2D eigenvalue weighted by atomic mass is 9.79. The lowest BCUT2D eigenvalue weighted by Gasteiger charge is -2.33. The Bertz CT molecular complexity index is 647. The van der Waals surface area contributed by atoms with Crippen molar-refractivity contribution in [3.8, 4) is 0 Å². The molecule has 1 heterocycles. The zero-order chi connectivity index (χ0) is 14.4. The summed E-state index contributed by atoms with van der Waals surface area (Å²) in [5, 5.41) is 0. The molecule has 1 aliphatic carbocycles. The van der Waals surface area contributed by atoms with Gasteiger partial charge in [-0.1, -0.05) is 13.8 Å². The third-order valence-corrected chi connectivity index (χ3v) is 4.93. The van der Waals surface area contributed by atoms with Gasteiger partial charge in [0.2, 0.25) is 5.95 Å². The average Bonchev–Trinajstić information content (AvgIpc) is 2.69. The second kappa shape index (κ2) is 4.76. The van der Waals surface area contributed by atoms with Crippen LogP contribution >= 0.6 is 0 Å². The van der Waals surface area contributed by atoms with Crippen LogP contribution in [-0.4, -0.2) is 9.55 Å². The molecule has 0 spiro atoms. The van der Waals surface area contributed by atoms with E-state index >= 15 is 0 Å². The summed E-state index contributed by atoms with van der Waals surface area (Å²) >= 11 is 0. The van der Waals surface area contributed by atoms with E-state index in [0.717, 1.165) is 24.3 Å². The van der Waals surface area contributed by atoms with Gasteiger partial charge in [-0.3, -0.25) is 0 Å². The first-order valence-corrected chi connectivity index (χ1v) is 7.41. The number of nitrogens with zero attached hydrogens (tertiary/aromatic N) is 2. The molecule has 1 aromatic carbocycles. The van der Waals surface area contributed by atoms with E-state index in [2.05, 4.69) is 23.4 Å². The van der Waals surface area contributed by atoms with Crippen molar-refractivity contribution in [2.75, 3.05) is 5.73 Å². The largest absolute Gasteiger partial charge is 0.369 e. The first-order valence-electron chi connectivity index (χ1n) is 7.41. The van der Waals surface area contributed by atoms with Gasteiger partial charge in [0.15, 0.2) is 0 Å². The molecule has 4 heteroatoms. The van der Waals surface area contributed by atoms with Gasteiger partial charge < -0.3 is 10.3 Å². The molecule has 3 atom stereocenters. The topological polar surface area (TPSA) is 43.8 Å². The molecule has 0 aliphatic heterocycles. The minimum atomic E-state index is -0.215. The van der Waals surface area contributed by atoms with E-state index in [-0.39, 0.29) is 5.82 Å². The summed E-state index contributed by atoms with van der Waals surface area (Å²) in [7, 11) is 0. The molecule has 3 nitrogen and oxygen atoms in total. The number of fused-ring (bicyclic) bond motifs is 1. The number of nitrogens with two attached hydrogens (primary N) is 1. The summed E-state index contributed by atoms with van der Waals surface area (Å²) in [6, 6.07) is 3.75. The standard InChI is InChI=1S/C16H22FN3/c1-9-4-5-12(6-10(9)2)20-15-7-11(3)13(17)8-14(15)19-16(20)18/h7-10,12H,4-6H2,1-3H3,(H2,18,19). The van der Waals surface area contributed by atoms with Gasteiger partial charge in [0.05, 0.1) is 11.0 Å². The molecule has 2 N–H and O–H groups in total. The third-order valence-electron chi connectivity index (χ3n) is 4.93. The minimum absolute atomic E-state index is 0.215. The number of aromatic nitrogens is 2. The number of imidazole rings is 1. The van der Waals surface area contributed by atoms with Crippen molar-refractivity contribution in [3.05, 3.63) is 23.5 Å². The maximum absolute atomic E-state index is 13.7. The number of hydrogen-bond acceptors (Lipinski definition) is 2. The molecule has 108 valence electrons. The molecule has 20 heavy (non-hydrogen) atoms. The Morgan fingerprint density at radius 3 is 2.70 bits per heavy atom. The summed E-state index contributed by atoms with van der Waals surface area (Å²) < 4.78 is 15.8. The third kappa shape index (κ3) is 2.07. The van der Waals surface area contributed by atoms with Crippen LogP contribution in [0.1, 0.15) is 44.7 Å². The number of rotatable bonds is 1. The number of halogens is 1. The van der Waals surface area contributed by atoms with E-state index < -0.39 is 0 Å². The van der Waals surface area contributed by atoms with Crippen molar-refractivity contribution >= 4 is 17.0 Å². The predicted molar refractivity (Wildman–Crippen MR) is 80.1 cm³/mol. The highest BCUT2D eigenvalue weighted by molar-refractivity contribution is 5.79. The normalized spacial score (nSPS) is 27.1. The van der Waals surface area contributed by atoms with Crippen LogP contribution in [-0.2, 0) is 0 Å². The van der Waals surface area contributed by atoms with Gasteiger partial charge in [0.1, 0.15) is 5.82 Å². The number of aryl methyl sites for hydroxylation is 1. The Balaban J connectivity index is 2.07. The fourth-order valence-electron chi connectivity index (χ4n) is 3.38. The first kappa shape index (κ1) is 13.4. The molecule has 1 fully saturated rings. The van der Waals surface area contributed by atoms with Crippen LogP contribution in [0, 0.1) is 24.6 Å². The van der Waals surface area contributed by atoms with E-state index in [9.17, 15) is 4.39 Å². The summed E-state index contributed by atoms with van der Waals surface area (Å²) in [6.07, 6.45) is 3.45. The Kier molecular flexibility index (Phi) is 3.19. The molecule has 0 radical (unpaired) electrons. The lowest BCUT2D eigenvalue weighted by molar-refractivity contribution is 0.215. The predicted octanol–water partition coefficient (Wildman–Crippen LogP) is 4.06. The second-order valence-electron chi connectivity index (χ2n) is 6.35. The Morgan fingerprint density at radius 1 is 1.25 bits per heavy atom. The number of benzene rings is 1. The highest BCUT2D eigenvalue weighted by Gasteiger charge is 2.28. The quantitative estimate of drug-likeness (QED) is 0.852. The van der Waals surface area contributed by atoms with Crippen LogP contribution in [0.5, 0.6) is 0 Å². The van der Waals surface area contributed by atoms with E-state index in [1.165, 1.54) is 12.5 Å². The number of nitrogen functional groups attached to an aromatic ring is 1. The molecule has 0 saturated heterocycles. The molecule has 0 bridgehead atoms. The zero-order valence-electron chi connectivity index (χ0n) is 12.4. The van der Waals surface area contributed by atoms with Crippen LogP contribution in [0.4, 0.5) is 10.3 Å². The van der Waals surface area contributed by atoms with E-state index in [4.69, 9.17) is 5.73 Å². The van der Waals surface area contributed by atoms with E-state index in [0.29, 0.717) is 29.0 Å². The van der Waals surface area contributed by atoms with Crippen molar-refractivity contribution in [2.45, 2.75) is 46.1 Å². The van der Waals surface area contributed by atoms with Gasteiger partial charge in [0, 0.05) is 12.1 Å². The molecule has 2 aromatic rings. The zero-order valence-corrected chi connectivity index (χ0v) is 12.4. The Morgan fingerprint density at radius 2 is 2.00 bits per heavy atom. The fourth-order valence-corrected chi connectivity index (χ4v) is 3.38. The van der Waals surface area contributed by atoms with Crippen molar-refractivity contribution < 1.29 is 4.39 Å². The smallest absolute Gasteiger partial charge is 0.201 e. The van der Waals surface area contributed by atoms with Crippen molar-refractivity contribution in [1.29, 1.82) is 0 Å². The highest BCUT2D eigenvalue weighted by Crippen LogP contribution is 2.39. The van der Waals surface area contributed by atoms with Gasteiger partial charge in [-0.2, -0.15) is 0 Å². The maximum atomic E-state index is 13.7.